The summed E-state index contributed by atoms with van der Waals surface area (Å²) in [5.74, 6) is 1.39. The maximum Gasteiger partial charge on any atom is 0.257 e. The summed E-state index contributed by atoms with van der Waals surface area (Å²) in [6.07, 6.45) is 0. The zero-order valence-electron chi connectivity index (χ0n) is 16.9. The second kappa shape index (κ2) is 8.66. The molecule has 0 spiro atoms. The first-order valence-corrected chi connectivity index (χ1v) is 10.3. The lowest BCUT2D eigenvalue weighted by molar-refractivity contribution is 0.0977. The van der Waals surface area contributed by atoms with Crippen molar-refractivity contribution in [2.45, 2.75) is 6.92 Å². The Kier molecular flexibility index (Phi) is 5.78. The van der Waals surface area contributed by atoms with Gasteiger partial charge in [0.15, 0.2) is 10.9 Å². The molecule has 0 radical (unpaired) electrons. The molecular formula is C20H18N6O3S2. The Morgan fingerprint density at radius 3 is 2.35 bits per heavy atom. The van der Waals surface area contributed by atoms with Crippen LogP contribution in [0.4, 0.5) is 5.69 Å². The number of thiocarbonyl (C=S) groups is 1. The number of hydrogen-bond donors (Lipinski definition) is 2. The van der Waals surface area contributed by atoms with E-state index in [1.165, 1.54) is 25.6 Å². The van der Waals surface area contributed by atoms with Crippen LogP contribution in [0.25, 0.3) is 15.5 Å². The van der Waals surface area contributed by atoms with Crippen LogP contribution in [0.1, 0.15) is 16.2 Å². The molecule has 0 bridgehead atoms. The van der Waals surface area contributed by atoms with Gasteiger partial charge < -0.3 is 14.8 Å². The van der Waals surface area contributed by atoms with Crippen LogP contribution in [0.5, 0.6) is 11.5 Å². The third-order valence-corrected chi connectivity index (χ3v) is 5.53. The van der Waals surface area contributed by atoms with Gasteiger partial charge in [0.05, 0.1) is 14.2 Å². The lowest BCUT2D eigenvalue weighted by atomic mass is 10.2. The molecule has 0 aliphatic carbocycles. The van der Waals surface area contributed by atoms with Gasteiger partial charge in [-0.2, -0.15) is 9.61 Å². The molecule has 1 amide bonds. The monoisotopic (exact) mass is 454 g/mol. The number of nitrogens with one attached hydrogen (secondary N) is 2. The van der Waals surface area contributed by atoms with Gasteiger partial charge in [0.1, 0.15) is 16.5 Å². The molecule has 4 rings (SSSR count). The van der Waals surface area contributed by atoms with Crippen LogP contribution in [0, 0.1) is 6.92 Å². The van der Waals surface area contributed by atoms with E-state index >= 15 is 0 Å². The first kappa shape index (κ1) is 20.7. The summed E-state index contributed by atoms with van der Waals surface area (Å²) in [5.41, 5.74) is 2.05. The summed E-state index contributed by atoms with van der Waals surface area (Å²) >= 11 is 6.73. The highest BCUT2D eigenvalue weighted by Gasteiger charge is 2.13. The lowest BCUT2D eigenvalue weighted by Crippen LogP contribution is -2.34. The Balaban J connectivity index is 1.42. The van der Waals surface area contributed by atoms with Crippen molar-refractivity contribution in [1.29, 1.82) is 0 Å². The number of fused-ring (bicyclic) bond motifs is 1. The van der Waals surface area contributed by atoms with E-state index in [1.54, 1.807) is 22.7 Å². The predicted molar refractivity (Wildman–Crippen MR) is 122 cm³/mol. The lowest BCUT2D eigenvalue weighted by Gasteiger charge is -2.11. The highest BCUT2D eigenvalue weighted by atomic mass is 32.1. The minimum absolute atomic E-state index is 0.175. The molecule has 158 valence electrons. The third-order valence-electron chi connectivity index (χ3n) is 4.38. The SMILES string of the molecule is COc1cc(OC)cc(C(=O)NC(=S)Nc2ccc(-c3nn4c(C)nnc4s3)cc2)c1. The van der Waals surface area contributed by atoms with E-state index in [1.807, 2.05) is 31.2 Å². The molecule has 2 aromatic carbocycles. The largest absolute Gasteiger partial charge is 0.497 e. The quantitative estimate of drug-likeness (QED) is 0.443. The van der Waals surface area contributed by atoms with Crippen LogP contribution in [0.15, 0.2) is 42.5 Å². The highest BCUT2D eigenvalue weighted by Crippen LogP contribution is 2.26. The summed E-state index contributed by atoms with van der Waals surface area (Å²) < 4.78 is 12.1. The van der Waals surface area contributed by atoms with E-state index in [0.717, 1.165) is 27.0 Å². The molecule has 31 heavy (non-hydrogen) atoms. The summed E-state index contributed by atoms with van der Waals surface area (Å²) in [5, 5.41) is 19.3. The fraction of sp³-hybridized carbons (Fsp3) is 0.150. The molecule has 0 unspecified atom stereocenters. The van der Waals surface area contributed by atoms with E-state index in [0.29, 0.717) is 17.1 Å². The molecule has 0 fully saturated rings. The number of rotatable bonds is 5. The van der Waals surface area contributed by atoms with Gasteiger partial charge in [-0.3, -0.25) is 10.1 Å². The van der Waals surface area contributed by atoms with E-state index in [-0.39, 0.29) is 11.0 Å². The number of amides is 1. The van der Waals surface area contributed by atoms with Crippen LogP contribution in [0.2, 0.25) is 0 Å². The molecule has 0 atom stereocenters. The van der Waals surface area contributed by atoms with E-state index in [4.69, 9.17) is 21.7 Å². The Labute approximate surface area is 187 Å². The van der Waals surface area contributed by atoms with Crippen LogP contribution in [-0.2, 0) is 0 Å². The highest BCUT2D eigenvalue weighted by molar-refractivity contribution is 7.80. The summed E-state index contributed by atoms with van der Waals surface area (Å²) in [6, 6.07) is 12.5. The molecule has 2 heterocycles. The van der Waals surface area contributed by atoms with Gasteiger partial charge >= 0.3 is 0 Å². The van der Waals surface area contributed by atoms with Gasteiger partial charge in [0.25, 0.3) is 5.91 Å². The van der Waals surface area contributed by atoms with Crippen LogP contribution >= 0.6 is 23.6 Å². The van der Waals surface area contributed by atoms with Crippen molar-refractivity contribution in [3.8, 4) is 22.1 Å². The fourth-order valence-corrected chi connectivity index (χ4v) is 3.90. The number of methoxy groups -OCH3 is 2. The summed E-state index contributed by atoms with van der Waals surface area (Å²) in [4.78, 5) is 13.3. The molecule has 0 saturated heterocycles. The van der Waals surface area contributed by atoms with Crippen molar-refractivity contribution in [2.24, 2.45) is 0 Å². The number of aromatic nitrogens is 4. The van der Waals surface area contributed by atoms with Crippen LogP contribution in [0.3, 0.4) is 0 Å². The van der Waals surface area contributed by atoms with Gasteiger partial charge in [0, 0.05) is 22.9 Å². The van der Waals surface area contributed by atoms with Crippen LogP contribution in [-0.4, -0.2) is 45.1 Å². The van der Waals surface area contributed by atoms with Crippen LogP contribution < -0.4 is 20.1 Å². The number of anilines is 1. The number of carbonyl (C=O) groups is 1. The molecule has 0 aliphatic rings. The average Bonchev–Trinajstić information content (AvgIpc) is 3.35. The zero-order valence-corrected chi connectivity index (χ0v) is 18.5. The Bertz CT molecular complexity index is 1240. The number of benzene rings is 2. The molecule has 9 nitrogen and oxygen atoms in total. The molecule has 11 heteroatoms. The maximum absolute atomic E-state index is 12.5. The standard InChI is InChI=1S/C20H18N6O3S2/c1-11-23-24-20-26(11)25-18(31-20)12-4-6-14(7-5-12)21-19(30)22-17(27)13-8-15(28-2)10-16(9-13)29-3/h4-10H,1-3H3,(H2,21,22,27,30). The van der Waals surface area contributed by atoms with Gasteiger partial charge in [-0.05, 0) is 55.5 Å². The van der Waals surface area contributed by atoms with E-state index < -0.39 is 0 Å². The second-order valence-electron chi connectivity index (χ2n) is 6.44. The van der Waals surface area contributed by atoms with Crippen molar-refractivity contribution >= 4 is 45.2 Å². The average molecular weight is 455 g/mol. The van der Waals surface area contributed by atoms with Crippen molar-refractivity contribution in [2.75, 3.05) is 19.5 Å². The second-order valence-corrected chi connectivity index (χ2v) is 7.80. The fourth-order valence-electron chi connectivity index (χ4n) is 2.80. The third kappa shape index (κ3) is 4.47. The zero-order chi connectivity index (χ0) is 22.0. The van der Waals surface area contributed by atoms with Gasteiger partial charge in [-0.25, -0.2) is 0 Å². The van der Waals surface area contributed by atoms with Gasteiger partial charge in [-0.1, -0.05) is 11.3 Å². The molecule has 0 saturated carbocycles. The normalized spacial score (nSPS) is 10.7. The molecule has 2 N–H and O–H groups in total. The maximum atomic E-state index is 12.5. The molecule has 2 aromatic heterocycles. The van der Waals surface area contributed by atoms with Crippen molar-refractivity contribution in [1.82, 2.24) is 25.1 Å². The number of aryl methyl sites for hydroxylation is 1. The van der Waals surface area contributed by atoms with Crippen molar-refractivity contribution in [3.63, 3.8) is 0 Å². The Morgan fingerprint density at radius 2 is 1.74 bits per heavy atom. The number of carbonyl (C=O) groups excluding carboxylic acids is 1. The number of hydrogen-bond acceptors (Lipinski definition) is 8. The smallest absolute Gasteiger partial charge is 0.257 e. The predicted octanol–water partition coefficient (Wildman–Crippen LogP) is 3.31. The Morgan fingerprint density at radius 1 is 1.06 bits per heavy atom. The minimum Gasteiger partial charge on any atom is -0.497 e. The minimum atomic E-state index is -0.374. The first-order valence-electron chi connectivity index (χ1n) is 9.11. The van der Waals surface area contributed by atoms with Crippen molar-refractivity contribution < 1.29 is 14.3 Å². The molecular weight excluding hydrogens is 436 g/mol. The number of ether oxygens (including phenoxy) is 2. The topological polar surface area (TPSA) is 103 Å². The summed E-state index contributed by atoms with van der Waals surface area (Å²) in [6.45, 7) is 1.85. The molecule has 4 aromatic rings. The Hall–Kier alpha value is -3.57. The summed E-state index contributed by atoms with van der Waals surface area (Å²) in [7, 11) is 3.04. The number of nitrogens with zero attached hydrogens (tertiary/aromatic N) is 4. The van der Waals surface area contributed by atoms with Gasteiger partial charge in [0.2, 0.25) is 4.96 Å². The van der Waals surface area contributed by atoms with Crippen molar-refractivity contribution in [3.05, 3.63) is 53.9 Å². The van der Waals surface area contributed by atoms with Gasteiger partial charge in [-0.15, -0.1) is 10.2 Å². The van der Waals surface area contributed by atoms with E-state index in [2.05, 4.69) is 25.9 Å². The van der Waals surface area contributed by atoms with E-state index in [9.17, 15) is 4.79 Å². The molecule has 0 aliphatic heterocycles. The first-order chi connectivity index (χ1) is 15.0.